The molecule has 0 aromatic carbocycles. The number of rotatable bonds is 2. The van der Waals surface area contributed by atoms with Crippen LogP contribution in [0.2, 0.25) is 5.15 Å². The molecular weight excluding hydrogens is 240 g/mol. The number of aromatic nitrogens is 2. The quantitative estimate of drug-likeness (QED) is 0.811. The van der Waals surface area contributed by atoms with Crippen molar-refractivity contribution in [1.29, 1.82) is 0 Å². The maximum absolute atomic E-state index is 11.8. The van der Waals surface area contributed by atoms with Crippen LogP contribution in [0.1, 0.15) is 17.8 Å². The van der Waals surface area contributed by atoms with Crippen molar-refractivity contribution in [2.45, 2.75) is 26.3 Å². The fourth-order valence-corrected chi connectivity index (χ4v) is 2.07. The number of aryl methyl sites for hydroxylation is 1. The van der Waals surface area contributed by atoms with Crippen LogP contribution in [-0.2, 0) is 4.79 Å². The molecule has 1 aliphatic heterocycles. The average Bonchev–Trinajstić information content (AvgIpc) is 2.57. The van der Waals surface area contributed by atoms with Gasteiger partial charge in [0.05, 0.1) is 0 Å². The number of carbonyl (C=O) groups is 1. The molecule has 1 aliphatic rings. The second-order valence-electron chi connectivity index (χ2n) is 4.28. The molecule has 1 atom stereocenters. The van der Waals surface area contributed by atoms with Crippen molar-refractivity contribution in [3.05, 3.63) is 16.5 Å². The van der Waals surface area contributed by atoms with Gasteiger partial charge in [-0.25, -0.2) is 9.97 Å². The zero-order chi connectivity index (χ0) is 12.6. The molecule has 0 spiro atoms. The van der Waals surface area contributed by atoms with Crippen LogP contribution in [0, 0.1) is 13.8 Å². The number of nitrogens with one attached hydrogen (secondary N) is 1. The van der Waals surface area contributed by atoms with Crippen molar-refractivity contribution < 1.29 is 4.79 Å². The maximum Gasteiger partial charge on any atom is 0.244 e. The molecule has 1 N–H and O–H groups in total. The molecular formula is C11H15ClN4O. The van der Waals surface area contributed by atoms with Gasteiger partial charge in [-0.15, -0.1) is 0 Å². The van der Waals surface area contributed by atoms with Gasteiger partial charge in [-0.3, -0.25) is 4.79 Å². The number of halogens is 1. The van der Waals surface area contributed by atoms with Gasteiger partial charge in [-0.2, -0.15) is 0 Å². The van der Waals surface area contributed by atoms with Gasteiger partial charge in [0.2, 0.25) is 5.91 Å². The Bertz CT molecular complexity index is 463. The van der Waals surface area contributed by atoms with E-state index in [1.807, 2.05) is 6.92 Å². The summed E-state index contributed by atoms with van der Waals surface area (Å²) in [6, 6.07) is -0.205. The van der Waals surface area contributed by atoms with Gasteiger partial charge in [0.1, 0.15) is 22.8 Å². The highest BCUT2D eigenvalue weighted by Crippen LogP contribution is 2.22. The first-order chi connectivity index (χ1) is 7.99. The van der Waals surface area contributed by atoms with Crippen LogP contribution in [0.4, 0.5) is 5.82 Å². The molecule has 1 amide bonds. The van der Waals surface area contributed by atoms with E-state index in [9.17, 15) is 4.79 Å². The van der Waals surface area contributed by atoms with Gasteiger partial charge in [0.15, 0.2) is 0 Å². The topological polar surface area (TPSA) is 58.1 Å². The lowest BCUT2D eigenvalue weighted by molar-refractivity contribution is -0.127. The van der Waals surface area contributed by atoms with Crippen LogP contribution in [-0.4, -0.2) is 40.4 Å². The first-order valence-electron chi connectivity index (χ1n) is 5.51. The van der Waals surface area contributed by atoms with Crippen LogP contribution < -0.4 is 5.32 Å². The molecule has 1 fully saturated rings. The van der Waals surface area contributed by atoms with E-state index in [2.05, 4.69) is 15.3 Å². The second kappa shape index (κ2) is 4.49. The van der Waals surface area contributed by atoms with Crippen molar-refractivity contribution in [2.24, 2.45) is 0 Å². The average molecular weight is 255 g/mol. The SMILES string of the molecule is Cc1nc(Cl)c(C)c(NC2CCN(C)C2=O)n1. The maximum atomic E-state index is 11.8. The van der Waals surface area contributed by atoms with Crippen LogP contribution >= 0.6 is 11.6 Å². The summed E-state index contributed by atoms with van der Waals surface area (Å²) >= 11 is 5.98. The summed E-state index contributed by atoms with van der Waals surface area (Å²) in [5.41, 5.74) is 0.777. The van der Waals surface area contributed by atoms with Crippen molar-refractivity contribution in [2.75, 3.05) is 18.9 Å². The zero-order valence-electron chi connectivity index (χ0n) is 10.1. The number of nitrogens with zero attached hydrogens (tertiary/aromatic N) is 3. The van der Waals surface area contributed by atoms with Crippen LogP contribution in [0.25, 0.3) is 0 Å². The minimum absolute atomic E-state index is 0.0942. The monoisotopic (exact) mass is 254 g/mol. The summed E-state index contributed by atoms with van der Waals surface area (Å²) in [4.78, 5) is 21.8. The minimum Gasteiger partial charge on any atom is -0.358 e. The summed E-state index contributed by atoms with van der Waals surface area (Å²) in [6.45, 7) is 4.39. The molecule has 1 saturated heterocycles. The molecule has 17 heavy (non-hydrogen) atoms. The number of hydrogen-bond acceptors (Lipinski definition) is 4. The molecule has 0 radical (unpaired) electrons. The van der Waals surface area contributed by atoms with Crippen molar-refractivity contribution in [3.63, 3.8) is 0 Å². The largest absolute Gasteiger partial charge is 0.358 e. The Morgan fingerprint density at radius 1 is 1.41 bits per heavy atom. The Labute approximate surface area is 105 Å². The third-order valence-electron chi connectivity index (χ3n) is 2.94. The van der Waals surface area contributed by atoms with Crippen molar-refractivity contribution in [1.82, 2.24) is 14.9 Å². The van der Waals surface area contributed by atoms with Gasteiger partial charge in [0, 0.05) is 19.2 Å². The van der Waals surface area contributed by atoms with Crippen molar-refractivity contribution in [3.8, 4) is 0 Å². The Hall–Kier alpha value is -1.36. The second-order valence-corrected chi connectivity index (χ2v) is 4.64. The first kappa shape index (κ1) is 12.1. The van der Waals surface area contributed by atoms with Gasteiger partial charge in [0.25, 0.3) is 0 Å². The predicted octanol–water partition coefficient (Wildman–Crippen LogP) is 1.39. The molecule has 0 bridgehead atoms. The van der Waals surface area contributed by atoms with Crippen LogP contribution in [0.15, 0.2) is 0 Å². The van der Waals surface area contributed by atoms with E-state index in [0.717, 1.165) is 18.5 Å². The normalized spacial score (nSPS) is 19.9. The summed E-state index contributed by atoms with van der Waals surface area (Å²) in [5, 5.41) is 3.57. The van der Waals surface area contributed by atoms with Gasteiger partial charge < -0.3 is 10.2 Å². The predicted molar refractivity (Wildman–Crippen MR) is 66.2 cm³/mol. The van der Waals surface area contributed by atoms with Gasteiger partial charge in [-0.05, 0) is 20.3 Å². The lowest BCUT2D eigenvalue weighted by Gasteiger charge is -2.15. The lowest BCUT2D eigenvalue weighted by Crippen LogP contribution is -2.31. The number of likely N-dealkylation sites (N-methyl/N-ethyl adjacent to an activating group) is 1. The summed E-state index contributed by atoms with van der Waals surface area (Å²) in [5.74, 6) is 1.34. The summed E-state index contributed by atoms with van der Waals surface area (Å²) < 4.78 is 0. The molecule has 2 heterocycles. The summed E-state index contributed by atoms with van der Waals surface area (Å²) in [6.07, 6.45) is 0.787. The standard InChI is InChI=1S/C11H15ClN4O/c1-6-9(12)13-7(2)14-10(6)15-8-4-5-16(3)11(8)17/h8H,4-5H2,1-3H3,(H,13,14,15). The Balaban J connectivity index is 2.22. The Morgan fingerprint density at radius 3 is 2.71 bits per heavy atom. The molecule has 5 nitrogen and oxygen atoms in total. The van der Waals surface area contributed by atoms with E-state index in [1.165, 1.54) is 0 Å². The number of amides is 1. The molecule has 92 valence electrons. The zero-order valence-corrected chi connectivity index (χ0v) is 10.9. The van der Waals surface area contributed by atoms with E-state index in [0.29, 0.717) is 16.8 Å². The fourth-order valence-electron chi connectivity index (χ4n) is 1.86. The molecule has 2 rings (SSSR count). The molecule has 0 saturated carbocycles. The number of hydrogen-bond donors (Lipinski definition) is 1. The highest BCUT2D eigenvalue weighted by atomic mass is 35.5. The third-order valence-corrected chi connectivity index (χ3v) is 3.30. The first-order valence-corrected chi connectivity index (χ1v) is 5.89. The molecule has 0 aliphatic carbocycles. The van der Waals surface area contributed by atoms with E-state index in [4.69, 9.17) is 11.6 Å². The molecule has 1 unspecified atom stereocenters. The van der Waals surface area contributed by atoms with E-state index in [1.54, 1.807) is 18.9 Å². The van der Waals surface area contributed by atoms with E-state index >= 15 is 0 Å². The third kappa shape index (κ3) is 2.34. The minimum atomic E-state index is -0.205. The van der Waals surface area contributed by atoms with E-state index < -0.39 is 0 Å². The molecule has 1 aromatic heterocycles. The van der Waals surface area contributed by atoms with Gasteiger partial charge >= 0.3 is 0 Å². The fraction of sp³-hybridized carbons (Fsp3) is 0.545. The number of carbonyl (C=O) groups excluding carboxylic acids is 1. The number of anilines is 1. The molecule has 6 heteroatoms. The van der Waals surface area contributed by atoms with Crippen LogP contribution in [0.3, 0.4) is 0 Å². The Morgan fingerprint density at radius 2 is 2.12 bits per heavy atom. The van der Waals surface area contributed by atoms with Gasteiger partial charge in [-0.1, -0.05) is 11.6 Å². The molecule has 1 aromatic rings. The van der Waals surface area contributed by atoms with Crippen molar-refractivity contribution >= 4 is 23.3 Å². The highest BCUT2D eigenvalue weighted by molar-refractivity contribution is 6.30. The smallest absolute Gasteiger partial charge is 0.244 e. The lowest BCUT2D eigenvalue weighted by atomic mass is 10.2. The number of likely N-dealkylation sites (tertiary alicyclic amines) is 1. The highest BCUT2D eigenvalue weighted by Gasteiger charge is 2.29. The van der Waals surface area contributed by atoms with Crippen LogP contribution in [0.5, 0.6) is 0 Å². The van der Waals surface area contributed by atoms with E-state index in [-0.39, 0.29) is 11.9 Å². The summed E-state index contributed by atoms with van der Waals surface area (Å²) in [7, 11) is 1.80. The Kier molecular flexibility index (Phi) is 3.19.